The van der Waals surface area contributed by atoms with E-state index in [2.05, 4.69) is 4.90 Å². The molecule has 1 aromatic heterocycles. The fourth-order valence-corrected chi connectivity index (χ4v) is 3.15. The van der Waals surface area contributed by atoms with Crippen LogP contribution in [0.2, 0.25) is 5.02 Å². The summed E-state index contributed by atoms with van der Waals surface area (Å²) in [6.07, 6.45) is 2.80. The largest absolute Gasteiger partial charge is 0.478 e. The summed E-state index contributed by atoms with van der Waals surface area (Å²) >= 11 is 7.79. The fraction of sp³-hybridized carbons (Fsp3) is 0.188. The Hall–Kier alpha value is -1.62. The number of aliphatic carboxylic acids is 1. The molecule has 21 heavy (non-hydrogen) atoms. The van der Waals surface area contributed by atoms with E-state index in [0.29, 0.717) is 0 Å². The molecule has 2 rings (SSSR count). The summed E-state index contributed by atoms with van der Waals surface area (Å²) in [7, 11) is 2.02. The second-order valence-electron chi connectivity index (χ2n) is 4.73. The number of hydrogen-bond donors (Lipinski definition) is 1. The van der Waals surface area contributed by atoms with E-state index in [1.807, 2.05) is 42.8 Å². The minimum absolute atomic E-state index is 0.750. The number of carboxylic acids is 1. The highest BCUT2D eigenvalue weighted by molar-refractivity contribution is 7.10. The van der Waals surface area contributed by atoms with Gasteiger partial charge in [-0.05, 0) is 41.8 Å². The van der Waals surface area contributed by atoms with Crippen molar-refractivity contribution in [3.63, 3.8) is 0 Å². The molecule has 0 saturated heterocycles. The molecule has 0 atom stereocenters. The van der Waals surface area contributed by atoms with E-state index < -0.39 is 5.97 Å². The van der Waals surface area contributed by atoms with Crippen molar-refractivity contribution >= 4 is 35.0 Å². The molecule has 2 aromatic rings. The number of halogens is 1. The molecule has 0 bridgehead atoms. The first kappa shape index (κ1) is 15.8. The molecule has 0 radical (unpaired) electrons. The van der Waals surface area contributed by atoms with Gasteiger partial charge in [-0.1, -0.05) is 29.8 Å². The number of carbonyl (C=O) groups is 1. The van der Waals surface area contributed by atoms with E-state index in [1.54, 1.807) is 17.4 Å². The van der Waals surface area contributed by atoms with Gasteiger partial charge < -0.3 is 5.11 Å². The molecule has 0 aliphatic heterocycles. The quantitative estimate of drug-likeness (QED) is 0.813. The molecule has 0 unspecified atom stereocenters. The molecule has 1 aromatic carbocycles. The third-order valence-corrected chi connectivity index (χ3v) is 4.29. The lowest BCUT2D eigenvalue weighted by atomic mass is 10.2. The van der Waals surface area contributed by atoms with Crippen molar-refractivity contribution in [2.24, 2.45) is 0 Å². The lowest BCUT2D eigenvalue weighted by molar-refractivity contribution is -0.131. The van der Waals surface area contributed by atoms with Gasteiger partial charge in [0.15, 0.2) is 0 Å². The first-order valence-electron chi connectivity index (χ1n) is 6.45. The summed E-state index contributed by atoms with van der Waals surface area (Å²) in [6, 6.07) is 9.72. The maximum atomic E-state index is 10.6. The average molecular weight is 322 g/mol. The van der Waals surface area contributed by atoms with E-state index >= 15 is 0 Å². The van der Waals surface area contributed by atoms with Gasteiger partial charge >= 0.3 is 5.97 Å². The van der Waals surface area contributed by atoms with Gasteiger partial charge in [-0.3, -0.25) is 4.90 Å². The van der Waals surface area contributed by atoms with Crippen LogP contribution in [0.25, 0.3) is 6.08 Å². The molecule has 5 heteroatoms. The standard InChI is InChI=1S/C16H16ClNO2S/c1-18(10-13-4-2-3-5-14(13)17)11-15-12(8-9-21-15)6-7-16(19)20/h2-9H,10-11H2,1H3,(H,19,20). The third kappa shape index (κ3) is 4.70. The fourth-order valence-electron chi connectivity index (χ4n) is 2.01. The Kier molecular flexibility index (Phi) is 5.56. The van der Waals surface area contributed by atoms with E-state index in [9.17, 15) is 4.79 Å². The molecule has 1 N–H and O–H groups in total. The highest BCUT2D eigenvalue weighted by atomic mass is 35.5. The third-order valence-electron chi connectivity index (χ3n) is 3.00. The van der Waals surface area contributed by atoms with Crippen molar-refractivity contribution in [3.05, 3.63) is 62.8 Å². The van der Waals surface area contributed by atoms with Gasteiger partial charge in [-0.2, -0.15) is 0 Å². The van der Waals surface area contributed by atoms with Gasteiger partial charge in [0.25, 0.3) is 0 Å². The summed E-state index contributed by atoms with van der Waals surface area (Å²) in [5.74, 6) is -0.934. The maximum Gasteiger partial charge on any atom is 0.328 e. The molecule has 1 heterocycles. The van der Waals surface area contributed by atoms with Crippen LogP contribution < -0.4 is 0 Å². The lowest BCUT2D eigenvalue weighted by Gasteiger charge is -2.17. The number of hydrogen-bond acceptors (Lipinski definition) is 3. The number of rotatable bonds is 6. The van der Waals surface area contributed by atoms with Gasteiger partial charge in [0, 0.05) is 29.1 Å². The van der Waals surface area contributed by atoms with E-state index in [-0.39, 0.29) is 0 Å². The zero-order valence-corrected chi connectivity index (χ0v) is 13.2. The van der Waals surface area contributed by atoms with Crippen LogP contribution in [0, 0.1) is 0 Å². The summed E-state index contributed by atoms with van der Waals surface area (Å²) in [4.78, 5) is 13.9. The molecular weight excluding hydrogens is 306 g/mol. The predicted molar refractivity (Wildman–Crippen MR) is 87.6 cm³/mol. The summed E-state index contributed by atoms with van der Waals surface area (Å²) in [5.41, 5.74) is 2.04. The second kappa shape index (κ2) is 7.41. The van der Waals surface area contributed by atoms with Gasteiger partial charge in [0.05, 0.1) is 0 Å². The van der Waals surface area contributed by atoms with Crippen LogP contribution in [0.5, 0.6) is 0 Å². The average Bonchev–Trinajstić information content (AvgIpc) is 2.86. The Balaban J connectivity index is 2.03. The monoisotopic (exact) mass is 321 g/mol. The molecule has 0 amide bonds. The van der Waals surface area contributed by atoms with Crippen LogP contribution in [0.15, 0.2) is 41.8 Å². The van der Waals surface area contributed by atoms with Crippen LogP contribution >= 0.6 is 22.9 Å². The van der Waals surface area contributed by atoms with Crippen LogP contribution in [-0.2, 0) is 17.9 Å². The van der Waals surface area contributed by atoms with Crippen molar-refractivity contribution < 1.29 is 9.90 Å². The highest BCUT2D eigenvalue weighted by Crippen LogP contribution is 2.22. The molecule has 0 saturated carbocycles. The van der Waals surface area contributed by atoms with Crippen LogP contribution in [0.4, 0.5) is 0 Å². The molecule has 0 aliphatic rings. The van der Waals surface area contributed by atoms with Crippen LogP contribution in [-0.4, -0.2) is 23.0 Å². The zero-order valence-electron chi connectivity index (χ0n) is 11.6. The molecule has 3 nitrogen and oxygen atoms in total. The topological polar surface area (TPSA) is 40.5 Å². The molecular formula is C16H16ClNO2S. The lowest BCUT2D eigenvalue weighted by Crippen LogP contribution is -2.17. The molecule has 0 fully saturated rings. The Morgan fingerprint density at radius 3 is 2.81 bits per heavy atom. The number of benzene rings is 1. The first-order chi connectivity index (χ1) is 10.1. The van der Waals surface area contributed by atoms with E-state index in [1.165, 1.54) is 6.08 Å². The van der Waals surface area contributed by atoms with Crippen molar-refractivity contribution in [2.75, 3.05) is 7.05 Å². The van der Waals surface area contributed by atoms with Crippen LogP contribution in [0.1, 0.15) is 16.0 Å². The van der Waals surface area contributed by atoms with Crippen LogP contribution in [0.3, 0.4) is 0 Å². The van der Waals surface area contributed by atoms with E-state index in [4.69, 9.17) is 16.7 Å². The van der Waals surface area contributed by atoms with Gasteiger partial charge in [-0.15, -0.1) is 11.3 Å². The zero-order chi connectivity index (χ0) is 15.2. The molecule has 0 spiro atoms. The Labute approximate surface area is 133 Å². The minimum Gasteiger partial charge on any atom is -0.478 e. The van der Waals surface area contributed by atoms with Gasteiger partial charge in [-0.25, -0.2) is 4.79 Å². The van der Waals surface area contributed by atoms with Gasteiger partial charge in [0.1, 0.15) is 0 Å². The van der Waals surface area contributed by atoms with Crippen molar-refractivity contribution in [1.82, 2.24) is 4.90 Å². The SMILES string of the molecule is CN(Cc1ccccc1Cl)Cc1sccc1C=CC(=O)O. The summed E-state index contributed by atoms with van der Waals surface area (Å²) < 4.78 is 0. The predicted octanol–water partition coefficient (Wildman–Crippen LogP) is 4.13. The van der Waals surface area contributed by atoms with E-state index in [0.717, 1.165) is 34.1 Å². The Bertz CT molecular complexity index is 651. The molecule has 0 aliphatic carbocycles. The van der Waals surface area contributed by atoms with Gasteiger partial charge in [0.2, 0.25) is 0 Å². The van der Waals surface area contributed by atoms with Crippen molar-refractivity contribution in [1.29, 1.82) is 0 Å². The molecule has 110 valence electrons. The first-order valence-corrected chi connectivity index (χ1v) is 7.71. The number of nitrogens with zero attached hydrogens (tertiary/aromatic N) is 1. The summed E-state index contributed by atoms with van der Waals surface area (Å²) in [6.45, 7) is 1.50. The van der Waals surface area contributed by atoms with Crippen molar-refractivity contribution in [2.45, 2.75) is 13.1 Å². The number of thiophene rings is 1. The Morgan fingerprint density at radius 1 is 1.33 bits per heavy atom. The maximum absolute atomic E-state index is 10.6. The highest BCUT2D eigenvalue weighted by Gasteiger charge is 2.08. The smallest absolute Gasteiger partial charge is 0.328 e. The second-order valence-corrected chi connectivity index (χ2v) is 6.14. The summed E-state index contributed by atoms with van der Waals surface area (Å²) in [5, 5.41) is 11.4. The van der Waals surface area contributed by atoms with Crippen molar-refractivity contribution in [3.8, 4) is 0 Å². The number of carboxylic acid groups (broad SMARTS) is 1. The Morgan fingerprint density at radius 2 is 2.10 bits per heavy atom. The normalized spacial score (nSPS) is 11.4. The minimum atomic E-state index is -0.934.